The van der Waals surface area contributed by atoms with Gasteiger partial charge in [0.15, 0.2) is 28.4 Å². The van der Waals surface area contributed by atoms with E-state index in [0.29, 0.717) is 0 Å². The van der Waals surface area contributed by atoms with E-state index in [0.717, 1.165) is 13.8 Å². The molecule has 3 N–H and O–H groups in total. The average Bonchev–Trinajstić information content (AvgIpc) is 2.79. The number of aliphatic hydroxyl groups is 2. The molecule has 6 unspecified atom stereocenters. The lowest BCUT2D eigenvalue weighted by Crippen LogP contribution is -2.68. The molecule has 2 aliphatic rings. The lowest BCUT2D eigenvalue weighted by Gasteiger charge is -2.51. The lowest BCUT2D eigenvalue weighted by atomic mass is 9.61. The molecular formula is C24H30O8. The van der Waals surface area contributed by atoms with E-state index in [-0.39, 0.29) is 18.4 Å². The molecule has 0 aromatic heterocycles. The zero-order valence-corrected chi connectivity index (χ0v) is 18.9. The van der Waals surface area contributed by atoms with Crippen molar-refractivity contribution in [2.24, 2.45) is 17.3 Å². The molecule has 3 rings (SSSR count). The summed E-state index contributed by atoms with van der Waals surface area (Å²) in [5.41, 5.74) is -8.80. The molecule has 1 heterocycles. The van der Waals surface area contributed by atoms with Crippen LogP contribution in [0.15, 0.2) is 30.3 Å². The van der Waals surface area contributed by atoms with Gasteiger partial charge < -0.3 is 20.1 Å². The van der Waals surface area contributed by atoms with E-state index in [1.54, 1.807) is 25.1 Å². The molecule has 174 valence electrons. The first-order chi connectivity index (χ1) is 14.7. The van der Waals surface area contributed by atoms with Crippen molar-refractivity contribution in [3.8, 4) is 0 Å². The molecule has 0 spiro atoms. The fraction of sp³-hybridized carbons (Fsp3) is 0.583. The van der Waals surface area contributed by atoms with Gasteiger partial charge in [0.2, 0.25) is 0 Å². The largest absolute Gasteiger partial charge is 0.481 e. The van der Waals surface area contributed by atoms with Gasteiger partial charge >= 0.3 is 5.97 Å². The number of hydrogen-bond acceptors (Lipinski definition) is 7. The number of hydrogen-bond donors (Lipinski definition) is 3. The Labute approximate surface area is 186 Å². The Balaban J connectivity index is 2.42. The molecule has 1 aliphatic heterocycles. The van der Waals surface area contributed by atoms with Crippen molar-refractivity contribution < 1.29 is 39.2 Å². The molecule has 1 saturated heterocycles. The minimum Gasteiger partial charge on any atom is -0.481 e. The number of carbonyl (C=O) groups excluding carboxylic acids is 3. The van der Waals surface area contributed by atoms with Gasteiger partial charge in [-0.15, -0.1) is 0 Å². The van der Waals surface area contributed by atoms with Gasteiger partial charge in [-0.1, -0.05) is 30.3 Å². The number of Topliss-reactive ketones (excluding diaryl/α,β-unsaturated/α-hetero) is 3. The Hall–Kier alpha value is -2.42. The van der Waals surface area contributed by atoms with Gasteiger partial charge in [-0.2, -0.15) is 0 Å². The normalized spacial score (nSPS) is 37.5. The van der Waals surface area contributed by atoms with E-state index in [1.165, 1.54) is 26.0 Å². The van der Waals surface area contributed by atoms with Crippen molar-refractivity contribution >= 4 is 23.3 Å². The van der Waals surface area contributed by atoms with Crippen LogP contribution in [0.1, 0.15) is 57.8 Å². The Kier molecular flexibility index (Phi) is 5.73. The predicted octanol–water partition coefficient (Wildman–Crippen LogP) is 1.80. The van der Waals surface area contributed by atoms with Gasteiger partial charge in [0, 0.05) is 11.5 Å². The molecule has 32 heavy (non-hydrogen) atoms. The second kappa shape index (κ2) is 7.57. The molecule has 8 heteroatoms. The molecule has 0 amide bonds. The number of ketones is 3. The molecule has 0 bridgehead atoms. The average molecular weight is 446 g/mol. The summed E-state index contributed by atoms with van der Waals surface area (Å²) < 4.78 is 6.16. The fourth-order valence-corrected chi connectivity index (χ4v) is 6.05. The van der Waals surface area contributed by atoms with Crippen LogP contribution >= 0.6 is 0 Å². The summed E-state index contributed by atoms with van der Waals surface area (Å²) in [4.78, 5) is 53.0. The first-order valence-electron chi connectivity index (χ1n) is 10.7. The fourth-order valence-electron chi connectivity index (χ4n) is 6.05. The number of carbonyl (C=O) groups is 4. The van der Waals surface area contributed by atoms with Gasteiger partial charge in [0.05, 0.1) is 17.6 Å². The summed E-state index contributed by atoms with van der Waals surface area (Å²) in [6.07, 6.45) is -1.05. The Morgan fingerprint density at radius 1 is 1.12 bits per heavy atom. The maximum atomic E-state index is 13.9. The first-order valence-corrected chi connectivity index (χ1v) is 10.7. The maximum absolute atomic E-state index is 13.9. The van der Waals surface area contributed by atoms with E-state index in [1.807, 2.05) is 0 Å². The van der Waals surface area contributed by atoms with Crippen molar-refractivity contribution in [2.45, 2.75) is 70.4 Å². The van der Waals surface area contributed by atoms with Crippen LogP contribution < -0.4 is 0 Å². The van der Waals surface area contributed by atoms with Crippen LogP contribution in [0.25, 0.3) is 0 Å². The molecule has 8 nitrogen and oxygen atoms in total. The van der Waals surface area contributed by atoms with Crippen LogP contribution in [-0.4, -0.2) is 61.5 Å². The molecule has 0 radical (unpaired) electrons. The smallest absolute Gasteiger partial charge is 0.306 e. The van der Waals surface area contributed by atoms with Gasteiger partial charge in [-0.25, -0.2) is 0 Å². The summed E-state index contributed by atoms with van der Waals surface area (Å²) >= 11 is 0. The highest BCUT2D eigenvalue weighted by molar-refractivity contribution is 6.32. The second-order valence-electron chi connectivity index (χ2n) is 9.74. The molecule has 2 fully saturated rings. The summed E-state index contributed by atoms with van der Waals surface area (Å²) in [6, 6.07) is 7.73. The molecule has 1 aromatic rings. The monoisotopic (exact) mass is 446 g/mol. The highest BCUT2D eigenvalue weighted by atomic mass is 16.5. The summed E-state index contributed by atoms with van der Waals surface area (Å²) in [7, 11) is 0. The van der Waals surface area contributed by atoms with E-state index < -0.39 is 63.5 Å². The number of carboxylic acid groups (broad SMARTS) is 1. The number of rotatable bonds is 5. The van der Waals surface area contributed by atoms with E-state index in [9.17, 15) is 34.5 Å². The van der Waals surface area contributed by atoms with Gasteiger partial charge in [-0.3, -0.25) is 19.2 Å². The topological polar surface area (TPSA) is 138 Å². The summed E-state index contributed by atoms with van der Waals surface area (Å²) in [5.74, 6) is -6.38. The van der Waals surface area contributed by atoms with Crippen LogP contribution in [0.5, 0.6) is 0 Å². The van der Waals surface area contributed by atoms with Crippen molar-refractivity contribution in [1.82, 2.24) is 0 Å². The number of aliphatic carboxylic acids is 1. The number of carboxylic acids is 1. The van der Waals surface area contributed by atoms with Crippen LogP contribution in [-0.2, 0) is 19.1 Å². The second-order valence-corrected chi connectivity index (χ2v) is 9.74. The van der Waals surface area contributed by atoms with Crippen molar-refractivity contribution in [3.63, 3.8) is 0 Å². The summed E-state index contributed by atoms with van der Waals surface area (Å²) in [6.45, 7) is 6.47. The van der Waals surface area contributed by atoms with E-state index in [4.69, 9.17) is 4.74 Å². The molecule has 1 saturated carbocycles. The molecule has 1 aromatic carbocycles. The van der Waals surface area contributed by atoms with E-state index in [2.05, 4.69) is 0 Å². The maximum Gasteiger partial charge on any atom is 0.306 e. The third kappa shape index (κ3) is 3.00. The zero-order valence-electron chi connectivity index (χ0n) is 18.9. The highest BCUT2D eigenvalue weighted by Crippen LogP contribution is 2.63. The van der Waals surface area contributed by atoms with Crippen LogP contribution in [0.2, 0.25) is 0 Å². The SMILES string of the molecule is CC(=O)C1(C(=O)c2ccccc2)C(=O)C(C)(O)C2(C(C)(C)O)OC(C)CC(C(=O)O)CC12. The number of benzene rings is 1. The standard InChI is InChI=1S/C24H30O8/c1-13-11-16(19(27)28)12-17-23(14(2)25,18(26)15-9-7-6-8-10-15)20(29)22(5,31)24(17,32-13)21(3,4)30/h6-10,13,16-17,30-31H,11-12H2,1-5H3,(H,27,28). The Bertz CT molecular complexity index is 960. The third-order valence-electron chi connectivity index (χ3n) is 7.27. The van der Waals surface area contributed by atoms with Gasteiger partial charge in [-0.05, 0) is 47.5 Å². The highest BCUT2D eigenvalue weighted by Gasteiger charge is 2.82. The van der Waals surface area contributed by atoms with E-state index >= 15 is 0 Å². The van der Waals surface area contributed by atoms with Crippen molar-refractivity contribution in [3.05, 3.63) is 35.9 Å². The van der Waals surface area contributed by atoms with Crippen LogP contribution in [0.4, 0.5) is 0 Å². The number of fused-ring (bicyclic) bond motifs is 1. The Morgan fingerprint density at radius 3 is 2.16 bits per heavy atom. The van der Waals surface area contributed by atoms with Crippen LogP contribution in [0.3, 0.4) is 0 Å². The zero-order chi connectivity index (χ0) is 24.3. The third-order valence-corrected chi connectivity index (χ3v) is 7.27. The van der Waals surface area contributed by atoms with Crippen LogP contribution in [0, 0.1) is 17.3 Å². The van der Waals surface area contributed by atoms with Gasteiger partial charge in [0.1, 0.15) is 5.60 Å². The quantitative estimate of drug-likeness (QED) is 0.460. The van der Waals surface area contributed by atoms with Crippen molar-refractivity contribution in [2.75, 3.05) is 0 Å². The molecule has 1 aliphatic carbocycles. The van der Waals surface area contributed by atoms with Crippen molar-refractivity contribution in [1.29, 1.82) is 0 Å². The minimum atomic E-state index is -2.45. The molecule has 6 atom stereocenters. The first kappa shape index (κ1) is 24.2. The Morgan fingerprint density at radius 2 is 1.69 bits per heavy atom. The summed E-state index contributed by atoms with van der Waals surface area (Å²) in [5, 5.41) is 32.7. The molecular weight excluding hydrogens is 416 g/mol. The number of ether oxygens (including phenoxy) is 1. The minimum absolute atomic E-state index is 0.0292. The van der Waals surface area contributed by atoms with Gasteiger partial charge in [0.25, 0.3) is 0 Å². The lowest BCUT2D eigenvalue weighted by molar-refractivity contribution is -0.266. The predicted molar refractivity (Wildman–Crippen MR) is 113 cm³/mol.